The van der Waals surface area contributed by atoms with Gasteiger partial charge in [-0.3, -0.25) is 4.90 Å². The van der Waals surface area contributed by atoms with Crippen LogP contribution in [0.5, 0.6) is 0 Å². The van der Waals surface area contributed by atoms with E-state index in [9.17, 15) is 4.79 Å². The highest BCUT2D eigenvalue weighted by molar-refractivity contribution is 5.87. The summed E-state index contributed by atoms with van der Waals surface area (Å²) in [5, 5.41) is 0. The van der Waals surface area contributed by atoms with Gasteiger partial charge in [-0.1, -0.05) is 20.3 Å². The monoisotopic (exact) mass is 332 g/mol. The third kappa shape index (κ3) is 2.53. The Bertz CT molecular complexity index is 528. The second-order valence-electron chi connectivity index (χ2n) is 8.13. The molecule has 3 fully saturated rings. The van der Waals surface area contributed by atoms with Crippen molar-refractivity contribution in [3.05, 3.63) is 11.6 Å². The van der Waals surface area contributed by atoms with Gasteiger partial charge in [0.2, 0.25) is 0 Å². The van der Waals surface area contributed by atoms with Crippen molar-refractivity contribution in [2.45, 2.75) is 76.5 Å². The first-order chi connectivity index (χ1) is 11.7. The summed E-state index contributed by atoms with van der Waals surface area (Å²) in [6.45, 7) is 9.21. The molecule has 0 N–H and O–H groups in total. The highest BCUT2D eigenvalue weighted by Gasteiger charge is 2.63. The average molecular weight is 332 g/mol. The number of nitrogens with zero attached hydrogens (tertiary/aromatic N) is 2. The molecule has 2 saturated heterocycles. The van der Waals surface area contributed by atoms with Crippen molar-refractivity contribution in [3.8, 4) is 0 Å². The van der Waals surface area contributed by atoms with Crippen LogP contribution in [0.2, 0.25) is 0 Å². The fourth-order valence-corrected chi connectivity index (χ4v) is 5.91. The molecule has 1 unspecified atom stereocenters. The Morgan fingerprint density at radius 1 is 1.33 bits per heavy atom. The van der Waals surface area contributed by atoms with Gasteiger partial charge in [0, 0.05) is 18.5 Å². The van der Waals surface area contributed by atoms with Crippen LogP contribution in [0.3, 0.4) is 0 Å². The van der Waals surface area contributed by atoms with Crippen LogP contribution < -0.4 is 0 Å². The molecule has 3 aliphatic heterocycles. The normalized spacial score (nSPS) is 38.0. The fourth-order valence-electron chi connectivity index (χ4n) is 5.91. The van der Waals surface area contributed by atoms with Gasteiger partial charge in [0.15, 0.2) is 5.60 Å². The Labute approximate surface area is 146 Å². The molecular formula is C20H32N2O2. The summed E-state index contributed by atoms with van der Waals surface area (Å²) in [7, 11) is 0. The van der Waals surface area contributed by atoms with Crippen molar-refractivity contribution in [1.29, 1.82) is 0 Å². The second kappa shape index (κ2) is 6.45. The molecule has 1 aliphatic carbocycles. The molecular weight excluding hydrogens is 300 g/mol. The van der Waals surface area contributed by atoms with E-state index in [-0.39, 0.29) is 11.6 Å². The number of fused-ring (bicyclic) bond motifs is 3. The van der Waals surface area contributed by atoms with Crippen LogP contribution in [0.25, 0.3) is 0 Å². The molecule has 1 saturated carbocycles. The van der Waals surface area contributed by atoms with Crippen LogP contribution in [-0.4, -0.2) is 59.6 Å². The van der Waals surface area contributed by atoms with Crippen LogP contribution in [-0.2, 0) is 9.53 Å². The minimum Gasteiger partial charge on any atom is -0.450 e. The molecule has 134 valence electrons. The van der Waals surface area contributed by atoms with Crippen molar-refractivity contribution in [2.75, 3.05) is 26.2 Å². The fraction of sp³-hybridized carbons (Fsp3) is 0.850. The van der Waals surface area contributed by atoms with E-state index in [1.165, 1.54) is 50.8 Å². The van der Waals surface area contributed by atoms with Gasteiger partial charge in [-0.25, -0.2) is 4.79 Å². The Hall–Kier alpha value is -0.870. The lowest BCUT2D eigenvalue weighted by molar-refractivity contribution is -0.148. The molecule has 4 atom stereocenters. The van der Waals surface area contributed by atoms with Crippen LogP contribution in [0.4, 0.5) is 0 Å². The van der Waals surface area contributed by atoms with E-state index in [1.54, 1.807) is 0 Å². The zero-order valence-electron chi connectivity index (χ0n) is 15.3. The van der Waals surface area contributed by atoms with Crippen LogP contribution in [0.15, 0.2) is 11.6 Å². The molecule has 0 amide bonds. The number of rotatable bonds is 6. The molecule has 4 rings (SSSR count). The number of carbonyl (C=O) groups excluding carboxylic acids is 1. The summed E-state index contributed by atoms with van der Waals surface area (Å²) < 4.78 is 5.96. The van der Waals surface area contributed by atoms with E-state index >= 15 is 0 Å². The standard InChI is InChI=1S/C20H32N2O2/c1-3-21(4-2)10-7-8-15-12-16-13-19(23)24-20(16)14-17(15)22-11-6-5-9-18(20)22/h13,15,17-18H,3-12,14H2,1-2H3/t15?,17-,18+,20-/m0/s1. The van der Waals surface area contributed by atoms with Crippen molar-refractivity contribution in [2.24, 2.45) is 5.92 Å². The molecule has 0 radical (unpaired) electrons. The Kier molecular flexibility index (Phi) is 4.46. The maximum absolute atomic E-state index is 12.0. The van der Waals surface area contributed by atoms with E-state index in [4.69, 9.17) is 4.74 Å². The first kappa shape index (κ1) is 16.6. The van der Waals surface area contributed by atoms with E-state index in [0.29, 0.717) is 18.0 Å². The van der Waals surface area contributed by atoms with Crippen molar-refractivity contribution in [3.63, 3.8) is 0 Å². The number of hydrogen-bond acceptors (Lipinski definition) is 4. The zero-order valence-corrected chi connectivity index (χ0v) is 15.3. The predicted octanol–water partition coefficient (Wildman–Crippen LogP) is 2.98. The minimum atomic E-state index is -0.239. The molecule has 4 heteroatoms. The molecule has 3 heterocycles. The Morgan fingerprint density at radius 2 is 2.17 bits per heavy atom. The smallest absolute Gasteiger partial charge is 0.331 e. The van der Waals surface area contributed by atoms with Gasteiger partial charge >= 0.3 is 5.97 Å². The summed E-state index contributed by atoms with van der Waals surface area (Å²) in [4.78, 5) is 17.3. The molecule has 4 aliphatic rings. The quantitative estimate of drug-likeness (QED) is 0.700. The van der Waals surface area contributed by atoms with E-state index in [2.05, 4.69) is 23.6 Å². The first-order valence-corrected chi connectivity index (χ1v) is 10.1. The molecule has 0 aromatic rings. The number of ether oxygens (including phenoxy) is 1. The van der Waals surface area contributed by atoms with Gasteiger partial charge in [-0.2, -0.15) is 0 Å². The van der Waals surface area contributed by atoms with Gasteiger partial charge in [-0.05, 0) is 69.8 Å². The number of esters is 1. The Morgan fingerprint density at radius 3 is 2.96 bits per heavy atom. The third-order valence-corrected chi connectivity index (χ3v) is 7.11. The van der Waals surface area contributed by atoms with Gasteiger partial charge in [-0.15, -0.1) is 0 Å². The zero-order chi connectivity index (χ0) is 16.7. The first-order valence-electron chi connectivity index (χ1n) is 10.1. The topological polar surface area (TPSA) is 32.8 Å². The summed E-state index contributed by atoms with van der Waals surface area (Å²) in [6.07, 6.45) is 10.3. The second-order valence-corrected chi connectivity index (χ2v) is 8.13. The summed E-state index contributed by atoms with van der Waals surface area (Å²) >= 11 is 0. The number of hydrogen-bond donors (Lipinski definition) is 0. The highest BCUT2D eigenvalue weighted by atomic mass is 16.6. The molecule has 4 nitrogen and oxygen atoms in total. The lowest BCUT2D eigenvalue weighted by Gasteiger charge is -2.38. The van der Waals surface area contributed by atoms with Gasteiger partial charge < -0.3 is 9.64 Å². The average Bonchev–Trinajstić information content (AvgIpc) is 3.08. The van der Waals surface area contributed by atoms with E-state index < -0.39 is 0 Å². The molecule has 1 spiro atoms. The molecule has 2 bridgehead atoms. The lowest BCUT2D eigenvalue weighted by Crippen LogP contribution is -2.48. The van der Waals surface area contributed by atoms with Crippen LogP contribution >= 0.6 is 0 Å². The largest absolute Gasteiger partial charge is 0.450 e. The number of piperidine rings is 1. The molecule has 0 aromatic carbocycles. The van der Waals surface area contributed by atoms with E-state index in [1.807, 2.05) is 6.08 Å². The van der Waals surface area contributed by atoms with Crippen molar-refractivity contribution < 1.29 is 9.53 Å². The highest BCUT2D eigenvalue weighted by Crippen LogP contribution is 2.56. The third-order valence-electron chi connectivity index (χ3n) is 7.11. The van der Waals surface area contributed by atoms with E-state index in [0.717, 1.165) is 25.9 Å². The summed E-state index contributed by atoms with van der Waals surface area (Å²) in [6, 6.07) is 1.09. The maximum Gasteiger partial charge on any atom is 0.331 e. The van der Waals surface area contributed by atoms with Crippen LogP contribution in [0.1, 0.15) is 58.8 Å². The predicted molar refractivity (Wildman–Crippen MR) is 94.8 cm³/mol. The summed E-state index contributed by atoms with van der Waals surface area (Å²) in [5.74, 6) is 0.623. The van der Waals surface area contributed by atoms with Crippen LogP contribution in [0, 0.1) is 5.92 Å². The maximum atomic E-state index is 12.0. The lowest BCUT2D eigenvalue weighted by atomic mass is 9.72. The van der Waals surface area contributed by atoms with Crippen molar-refractivity contribution in [1.82, 2.24) is 9.80 Å². The number of carbonyl (C=O) groups is 1. The van der Waals surface area contributed by atoms with Gasteiger partial charge in [0.25, 0.3) is 0 Å². The SMILES string of the molecule is CCN(CC)CCCC1CC2=CC(=O)O[C@@]23C[C@@H]1N1CCCC[C@@H]13. The minimum absolute atomic E-state index is 0.0834. The Balaban J connectivity index is 1.49. The summed E-state index contributed by atoms with van der Waals surface area (Å²) in [5.41, 5.74) is 1.09. The van der Waals surface area contributed by atoms with Gasteiger partial charge in [0.05, 0.1) is 6.04 Å². The van der Waals surface area contributed by atoms with Gasteiger partial charge in [0.1, 0.15) is 0 Å². The molecule has 24 heavy (non-hydrogen) atoms. The van der Waals surface area contributed by atoms with Crippen molar-refractivity contribution >= 4 is 5.97 Å². The molecule has 0 aromatic heterocycles.